The number of methoxy groups -OCH3 is 1. The van der Waals surface area contributed by atoms with Crippen LogP contribution in [0.4, 0.5) is 20.3 Å². The van der Waals surface area contributed by atoms with Crippen LogP contribution >= 0.6 is 0 Å². The maximum atomic E-state index is 14.4. The molecule has 0 spiro atoms. The van der Waals surface area contributed by atoms with Crippen LogP contribution < -0.4 is 15.8 Å². The molecule has 138 valence electrons. The lowest BCUT2D eigenvalue weighted by Crippen LogP contribution is -2.25. The number of rotatable bonds is 4. The van der Waals surface area contributed by atoms with Crippen LogP contribution in [0, 0.1) is 17.6 Å². The third-order valence-electron chi connectivity index (χ3n) is 4.72. The minimum atomic E-state index is -0.678. The van der Waals surface area contributed by atoms with E-state index in [4.69, 9.17) is 10.5 Å². The molecule has 3 rings (SSSR count). The Balaban J connectivity index is 1.95. The molecule has 1 aromatic heterocycles. The van der Waals surface area contributed by atoms with Gasteiger partial charge in [0.25, 0.3) is 0 Å². The van der Waals surface area contributed by atoms with Gasteiger partial charge in [-0.2, -0.15) is 0 Å². The average Bonchev–Trinajstić information content (AvgIpc) is 2.65. The van der Waals surface area contributed by atoms with Gasteiger partial charge >= 0.3 is 0 Å². The Labute approximate surface area is 150 Å². The number of pyridine rings is 1. The first-order valence-electron chi connectivity index (χ1n) is 8.60. The van der Waals surface area contributed by atoms with Crippen molar-refractivity contribution in [1.82, 2.24) is 4.98 Å². The van der Waals surface area contributed by atoms with Crippen molar-refractivity contribution in [1.29, 1.82) is 0 Å². The molecule has 3 N–H and O–H groups in total. The lowest BCUT2D eigenvalue weighted by Gasteiger charge is -2.21. The predicted octanol–water partition coefficient (Wildman–Crippen LogP) is 4.14. The maximum Gasteiger partial charge on any atom is 0.228 e. The molecule has 7 heteroatoms. The van der Waals surface area contributed by atoms with Crippen LogP contribution in [0.25, 0.3) is 11.1 Å². The van der Waals surface area contributed by atoms with Gasteiger partial charge < -0.3 is 15.8 Å². The summed E-state index contributed by atoms with van der Waals surface area (Å²) < 4.78 is 33.0. The second kappa shape index (κ2) is 7.68. The lowest BCUT2D eigenvalue weighted by atomic mass is 9.88. The van der Waals surface area contributed by atoms with Crippen LogP contribution in [0.15, 0.2) is 24.4 Å². The molecule has 1 aliphatic carbocycles. The third-order valence-corrected chi connectivity index (χ3v) is 4.72. The van der Waals surface area contributed by atoms with E-state index in [1.54, 1.807) is 0 Å². The summed E-state index contributed by atoms with van der Waals surface area (Å²) in [6.07, 6.45) is 5.81. The third kappa shape index (κ3) is 3.61. The summed E-state index contributed by atoms with van der Waals surface area (Å²) in [5.41, 5.74) is 6.39. The normalized spacial score (nSPS) is 14.9. The zero-order chi connectivity index (χ0) is 18.7. The van der Waals surface area contributed by atoms with Gasteiger partial charge in [-0.05, 0) is 25.0 Å². The maximum absolute atomic E-state index is 14.4. The Morgan fingerprint density at radius 1 is 1.27 bits per heavy atom. The van der Waals surface area contributed by atoms with Crippen LogP contribution in [0.5, 0.6) is 5.75 Å². The van der Waals surface area contributed by atoms with Gasteiger partial charge in [0.1, 0.15) is 11.6 Å². The Bertz CT molecular complexity index is 821. The van der Waals surface area contributed by atoms with Crippen molar-refractivity contribution >= 4 is 17.4 Å². The average molecular weight is 361 g/mol. The smallest absolute Gasteiger partial charge is 0.228 e. The molecule has 26 heavy (non-hydrogen) atoms. The van der Waals surface area contributed by atoms with Gasteiger partial charge in [0.05, 0.1) is 19.0 Å². The lowest BCUT2D eigenvalue weighted by molar-refractivity contribution is -0.120. The number of benzene rings is 1. The first-order valence-corrected chi connectivity index (χ1v) is 8.60. The van der Waals surface area contributed by atoms with Gasteiger partial charge in [-0.25, -0.2) is 13.8 Å². The van der Waals surface area contributed by atoms with Crippen LogP contribution in [0.3, 0.4) is 0 Å². The minimum Gasteiger partial charge on any atom is -0.496 e. The van der Waals surface area contributed by atoms with Crippen molar-refractivity contribution in [3.8, 4) is 16.9 Å². The van der Waals surface area contributed by atoms with Crippen molar-refractivity contribution in [2.45, 2.75) is 32.1 Å². The number of hydrogen-bond acceptors (Lipinski definition) is 4. The Morgan fingerprint density at radius 3 is 2.69 bits per heavy atom. The second-order valence-corrected chi connectivity index (χ2v) is 6.41. The number of anilines is 2. The number of nitrogens with two attached hydrogens (primary N) is 1. The first-order chi connectivity index (χ1) is 12.5. The highest BCUT2D eigenvalue weighted by atomic mass is 19.1. The van der Waals surface area contributed by atoms with Gasteiger partial charge in [-0.3, -0.25) is 4.79 Å². The van der Waals surface area contributed by atoms with E-state index in [9.17, 15) is 13.6 Å². The van der Waals surface area contributed by atoms with Crippen LogP contribution in [0.2, 0.25) is 0 Å². The molecule has 1 heterocycles. The minimum absolute atomic E-state index is 0.0148. The van der Waals surface area contributed by atoms with E-state index in [0.29, 0.717) is 5.56 Å². The molecule has 1 saturated carbocycles. The molecule has 0 unspecified atom stereocenters. The highest BCUT2D eigenvalue weighted by Gasteiger charge is 2.24. The number of hydrogen-bond donors (Lipinski definition) is 2. The molecule has 0 saturated heterocycles. The summed E-state index contributed by atoms with van der Waals surface area (Å²) in [4.78, 5) is 16.4. The van der Waals surface area contributed by atoms with E-state index in [0.717, 1.165) is 44.4 Å². The second-order valence-electron chi connectivity index (χ2n) is 6.41. The molecular formula is C19H21F2N3O2. The largest absolute Gasteiger partial charge is 0.496 e. The summed E-state index contributed by atoms with van der Waals surface area (Å²) in [5.74, 6) is -1.19. The number of nitrogens with one attached hydrogen (secondary N) is 1. The highest BCUT2D eigenvalue weighted by Crippen LogP contribution is 2.38. The fraction of sp³-hybridized carbons (Fsp3) is 0.368. The van der Waals surface area contributed by atoms with Crippen molar-refractivity contribution < 1.29 is 18.3 Å². The van der Waals surface area contributed by atoms with Crippen molar-refractivity contribution in [3.63, 3.8) is 0 Å². The molecule has 0 aliphatic heterocycles. The summed E-state index contributed by atoms with van der Waals surface area (Å²) in [6.45, 7) is 0. The van der Waals surface area contributed by atoms with E-state index in [1.165, 1.54) is 19.2 Å². The number of nitrogen functional groups attached to an aromatic ring is 1. The number of halogens is 2. The molecule has 1 fully saturated rings. The SMILES string of the molecule is COc1cc(F)ccc1-c1c(F)cnc(NC(=O)C2CCCCC2)c1N. The highest BCUT2D eigenvalue weighted by molar-refractivity contribution is 5.97. The Morgan fingerprint density at radius 2 is 2.00 bits per heavy atom. The monoisotopic (exact) mass is 361 g/mol. The topological polar surface area (TPSA) is 77.2 Å². The zero-order valence-corrected chi connectivity index (χ0v) is 14.5. The molecule has 2 aromatic rings. The van der Waals surface area contributed by atoms with E-state index < -0.39 is 11.6 Å². The summed E-state index contributed by atoms with van der Waals surface area (Å²) in [7, 11) is 1.36. The number of nitrogens with zero attached hydrogens (tertiary/aromatic N) is 1. The number of amides is 1. The molecular weight excluding hydrogens is 340 g/mol. The Hall–Kier alpha value is -2.70. The summed E-state index contributed by atoms with van der Waals surface area (Å²) in [6, 6.07) is 3.72. The van der Waals surface area contributed by atoms with E-state index in [1.807, 2.05) is 0 Å². The molecule has 0 radical (unpaired) electrons. The van der Waals surface area contributed by atoms with E-state index in [2.05, 4.69) is 10.3 Å². The van der Waals surface area contributed by atoms with E-state index in [-0.39, 0.29) is 34.6 Å². The van der Waals surface area contributed by atoms with Crippen LogP contribution in [0.1, 0.15) is 32.1 Å². The van der Waals surface area contributed by atoms with E-state index >= 15 is 0 Å². The van der Waals surface area contributed by atoms with Crippen LogP contribution in [-0.4, -0.2) is 18.0 Å². The summed E-state index contributed by atoms with van der Waals surface area (Å²) >= 11 is 0. The predicted molar refractivity (Wildman–Crippen MR) is 95.8 cm³/mol. The fourth-order valence-electron chi connectivity index (χ4n) is 3.33. The van der Waals surface area contributed by atoms with Crippen molar-refractivity contribution in [2.75, 3.05) is 18.2 Å². The number of carbonyl (C=O) groups is 1. The van der Waals surface area contributed by atoms with Gasteiger partial charge in [0, 0.05) is 23.1 Å². The molecule has 1 amide bonds. The molecule has 5 nitrogen and oxygen atoms in total. The first kappa shape index (κ1) is 18.1. The zero-order valence-electron chi connectivity index (χ0n) is 14.5. The number of carbonyl (C=O) groups excluding carboxylic acids is 1. The Kier molecular flexibility index (Phi) is 5.35. The number of aromatic nitrogens is 1. The van der Waals surface area contributed by atoms with Crippen molar-refractivity contribution in [2.24, 2.45) is 5.92 Å². The fourth-order valence-corrected chi connectivity index (χ4v) is 3.33. The molecule has 0 atom stereocenters. The van der Waals surface area contributed by atoms with Gasteiger partial charge in [0.15, 0.2) is 11.6 Å². The standard InChI is InChI=1S/C19H21F2N3O2/c1-26-15-9-12(20)7-8-13(15)16-14(21)10-23-18(17(16)22)24-19(25)11-5-3-2-4-6-11/h7-11H,2-6,22H2,1H3,(H,23,24,25). The summed E-state index contributed by atoms with van der Waals surface area (Å²) in [5, 5.41) is 2.71. The van der Waals surface area contributed by atoms with Gasteiger partial charge in [-0.15, -0.1) is 0 Å². The molecule has 1 aliphatic rings. The van der Waals surface area contributed by atoms with Gasteiger partial charge in [-0.1, -0.05) is 19.3 Å². The van der Waals surface area contributed by atoms with Crippen molar-refractivity contribution in [3.05, 3.63) is 36.0 Å². The van der Waals surface area contributed by atoms with Gasteiger partial charge in [0.2, 0.25) is 5.91 Å². The van der Waals surface area contributed by atoms with Crippen LogP contribution in [-0.2, 0) is 4.79 Å². The quantitative estimate of drug-likeness (QED) is 0.858. The number of ether oxygens (including phenoxy) is 1. The molecule has 1 aromatic carbocycles. The molecule has 0 bridgehead atoms.